The molecule has 0 spiro atoms. The first-order valence-electron chi connectivity index (χ1n) is 7.98. The van der Waals surface area contributed by atoms with Crippen molar-refractivity contribution in [2.24, 2.45) is 23.0 Å². The Balaban J connectivity index is 2.07. The van der Waals surface area contributed by atoms with Gasteiger partial charge in [-0.15, -0.1) is 0 Å². The average Bonchev–Trinajstić information content (AvgIpc) is 2.41. The zero-order chi connectivity index (χ0) is 13.2. The molecule has 2 heteroatoms. The van der Waals surface area contributed by atoms with Crippen LogP contribution in [0.5, 0.6) is 0 Å². The van der Waals surface area contributed by atoms with Crippen LogP contribution >= 0.6 is 0 Å². The topological polar surface area (TPSA) is 46.2 Å². The van der Waals surface area contributed by atoms with Crippen LogP contribution in [0.25, 0.3) is 0 Å². The summed E-state index contributed by atoms with van der Waals surface area (Å²) in [5.41, 5.74) is 5.67. The molecule has 0 bridgehead atoms. The average molecular weight is 253 g/mol. The summed E-state index contributed by atoms with van der Waals surface area (Å²) in [6.45, 7) is 5.28. The van der Waals surface area contributed by atoms with E-state index in [0.717, 1.165) is 37.5 Å². The molecule has 0 unspecified atom stereocenters. The highest BCUT2D eigenvalue weighted by molar-refractivity contribution is 5.03. The fourth-order valence-electron chi connectivity index (χ4n) is 4.27. The van der Waals surface area contributed by atoms with Crippen LogP contribution in [0.3, 0.4) is 0 Å². The Morgan fingerprint density at radius 1 is 1.06 bits per heavy atom. The fraction of sp³-hybridized carbons (Fsp3) is 1.00. The van der Waals surface area contributed by atoms with Crippen molar-refractivity contribution in [2.75, 3.05) is 6.54 Å². The second-order valence-electron chi connectivity index (χ2n) is 7.05. The maximum absolute atomic E-state index is 11.2. The largest absolute Gasteiger partial charge is 0.389 e. The lowest BCUT2D eigenvalue weighted by atomic mass is 9.56. The molecule has 2 fully saturated rings. The molecule has 0 aromatic rings. The van der Waals surface area contributed by atoms with Gasteiger partial charge in [0.1, 0.15) is 0 Å². The maximum Gasteiger partial charge on any atom is 0.0716 e. The lowest BCUT2D eigenvalue weighted by Gasteiger charge is -2.53. The second kappa shape index (κ2) is 5.50. The zero-order valence-electron chi connectivity index (χ0n) is 12.3. The van der Waals surface area contributed by atoms with E-state index in [4.69, 9.17) is 5.73 Å². The highest BCUT2D eigenvalue weighted by atomic mass is 16.3. The first kappa shape index (κ1) is 14.3. The van der Waals surface area contributed by atoms with Gasteiger partial charge < -0.3 is 10.8 Å². The highest BCUT2D eigenvalue weighted by Crippen LogP contribution is 2.52. The smallest absolute Gasteiger partial charge is 0.0716 e. The third kappa shape index (κ3) is 2.46. The van der Waals surface area contributed by atoms with Gasteiger partial charge in [-0.05, 0) is 50.4 Å². The van der Waals surface area contributed by atoms with E-state index in [-0.39, 0.29) is 5.41 Å². The van der Waals surface area contributed by atoms with Crippen LogP contribution in [0, 0.1) is 17.3 Å². The van der Waals surface area contributed by atoms with Gasteiger partial charge in [-0.2, -0.15) is 0 Å². The van der Waals surface area contributed by atoms with Crippen molar-refractivity contribution < 1.29 is 5.11 Å². The normalized spacial score (nSPS) is 46.0. The SMILES string of the molecule is CCC1CCC(O)(C2(CN)CCC(C)CC2)CC1. The number of hydrogen-bond donors (Lipinski definition) is 2. The summed E-state index contributed by atoms with van der Waals surface area (Å²) in [6, 6.07) is 0. The number of aliphatic hydroxyl groups is 1. The van der Waals surface area contributed by atoms with Gasteiger partial charge in [0.2, 0.25) is 0 Å². The molecule has 0 aromatic carbocycles. The molecule has 0 aromatic heterocycles. The van der Waals surface area contributed by atoms with Crippen LogP contribution in [0.1, 0.15) is 71.6 Å². The van der Waals surface area contributed by atoms with Crippen molar-refractivity contribution in [3.05, 3.63) is 0 Å². The van der Waals surface area contributed by atoms with Crippen molar-refractivity contribution in [2.45, 2.75) is 77.2 Å². The molecule has 0 saturated heterocycles. The number of rotatable bonds is 3. The van der Waals surface area contributed by atoms with Crippen molar-refractivity contribution in [3.8, 4) is 0 Å². The van der Waals surface area contributed by atoms with Crippen molar-refractivity contribution >= 4 is 0 Å². The van der Waals surface area contributed by atoms with Crippen LogP contribution in [0.4, 0.5) is 0 Å². The standard InChI is InChI=1S/C16H31NO/c1-3-14-6-10-16(18,11-7-14)15(12-17)8-4-13(2)5-9-15/h13-14,18H,3-12,17H2,1-2H3. The minimum atomic E-state index is -0.465. The van der Waals surface area contributed by atoms with E-state index in [9.17, 15) is 5.11 Å². The molecule has 0 amide bonds. The minimum Gasteiger partial charge on any atom is -0.389 e. The summed E-state index contributed by atoms with van der Waals surface area (Å²) in [6.07, 6.45) is 10.4. The second-order valence-corrected chi connectivity index (χ2v) is 7.05. The van der Waals surface area contributed by atoms with Crippen molar-refractivity contribution in [1.29, 1.82) is 0 Å². The van der Waals surface area contributed by atoms with Crippen LogP contribution in [0.2, 0.25) is 0 Å². The molecule has 3 N–H and O–H groups in total. The van der Waals surface area contributed by atoms with Crippen LogP contribution in [-0.2, 0) is 0 Å². The van der Waals surface area contributed by atoms with E-state index < -0.39 is 5.60 Å². The molecule has 2 aliphatic carbocycles. The predicted molar refractivity (Wildman–Crippen MR) is 76.3 cm³/mol. The molecule has 2 aliphatic rings. The first-order chi connectivity index (χ1) is 8.55. The molecular formula is C16H31NO. The molecule has 2 rings (SSSR count). The summed E-state index contributed by atoms with van der Waals surface area (Å²) in [5, 5.41) is 11.2. The molecule has 2 saturated carbocycles. The third-order valence-corrected chi connectivity index (χ3v) is 6.12. The minimum absolute atomic E-state index is 0.0260. The molecule has 2 nitrogen and oxygen atoms in total. The Morgan fingerprint density at radius 2 is 1.61 bits per heavy atom. The zero-order valence-corrected chi connectivity index (χ0v) is 12.3. The third-order valence-electron chi connectivity index (χ3n) is 6.12. The van der Waals surface area contributed by atoms with E-state index in [1.165, 1.54) is 32.1 Å². The van der Waals surface area contributed by atoms with E-state index in [0.29, 0.717) is 6.54 Å². The Morgan fingerprint density at radius 3 is 2.06 bits per heavy atom. The molecule has 0 radical (unpaired) electrons. The lowest BCUT2D eigenvalue weighted by molar-refractivity contribution is -0.132. The number of hydrogen-bond acceptors (Lipinski definition) is 2. The van der Waals surface area contributed by atoms with E-state index >= 15 is 0 Å². The van der Waals surface area contributed by atoms with Gasteiger partial charge in [-0.3, -0.25) is 0 Å². The Bertz CT molecular complexity index is 260. The molecule has 106 valence electrons. The van der Waals surface area contributed by atoms with Gasteiger partial charge in [0.05, 0.1) is 5.60 Å². The summed E-state index contributed by atoms with van der Waals surface area (Å²) in [4.78, 5) is 0. The van der Waals surface area contributed by atoms with Gasteiger partial charge in [-0.25, -0.2) is 0 Å². The van der Waals surface area contributed by atoms with Gasteiger partial charge >= 0.3 is 0 Å². The fourth-order valence-corrected chi connectivity index (χ4v) is 4.27. The van der Waals surface area contributed by atoms with Gasteiger partial charge in [-0.1, -0.05) is 33.1 Å². The van der Waals surface area contributed by atoms with Gasteiger partial charge in [0.25, 0.3) is 0 Å². The van der Waals surface area contributed by atoms with Crippen LogP contribution < -0.4 is 5.73 Å². The molecular weight excluding hydrogens is 222 g/mol. The quantitative estimate of drug-likeness (QED) is 0.809. The molecule has 0 heterocycles. The van der Waals surface area contributed by atoms with Crippen molar-refractivity contribution in [1.82, 2.24) is 0 Å². The molecule has 0 aliphatic heterocycles. The monoisotopic (exact) mass is 253 g/mol. The highest BCUT2D eigenvalue weighted by Gasteiger charge is 2.51. The van der Waals surface area contributed by atoms with Crippen LogP contribution in [-0.4, -0.2) is 17.3 Å². The predicted octanol–water partition coefficient (Wildman–Crippen LogP) is 3.47. The summed E-state index contributed by atoms with van der Waals surface area (Å²) < 4.78 is 0. The summed E-state index contributed by atoms with van der Waals surface area (Å²) in [7, 11) is 0. The lowest BCUT2D eigenvalue weighted by Crippen LogP contribution is -2.55. The summed E-state index contributed by atoms with van der Waals surface area (Å²) in [5.74, 6) is 1.66. The van der Waals surface area contributed by atoms with E-state index in [1.807, 2.05) is 0 Å². The molecule has 0 atom stereocenters. The Kier molecular flexibility index (Phi) is 4.38. The Labute approximate surface area is 112 Å². The number of nitrogens with two attached hydrogens (primary N) is 1. The van der Waals surface area contributed by atoms with E-state index in [2.05, 4.69) is 13.8 Å². The van der Waals surface area contributed by atoms with Gasteiger partial charge in [0.15, 0.2) is 0 Å². The van der Waals surface area contributed by atoms with Crippen LogP contribution in [0.15, 0.2) is 0 Å². The maximum atomic E-state index is 11.2. The molecule has 18 heavy (non-hydrogen) atoms. The first-order valence-corrected chi connectivity index (χ1v) is 7.98. The van der Waals surface area contributed by atoms with Gasteiger partial charge in [0, 0.05) is 12.0 Å². The van der Waals surface area contributed by atoms with Crippen molar-refractivity contribution in [3.63, 3.8) is 0 Å². The van der Waals surface area contributed by atoms with E-state index in [1.54, 1.807) is 0 Å². The Hall–Kier alpha value is -0.0800. The summed E-state index contributed by atoms with van der Waals surface area (Å²) >= 11 is 0.